The fourth-order valence-electron chi connectivity index (χ4n) is 6.05. The molecule has 0 N–H and O–H groups in total. The van der Waals surface area contributed by atoms with Gasteiger partial charge in [0.2, 0.25) is 0 Å². The molecule has 0 unspecified atom stereocenters. The van der Waals surface area contributed by atoms with E-state index in [2.05, 4.69) is 27.7 Å². The van der Waals surface area contributed by atoms with Gasteiger partial charge in [0.05, 0.1) is 0 Å². The van der Waals surface area contributed by atoms with E-state index in [0.717, 1.165) is 35.1 Å². The molecule has 4 aliphatic rings. The topological polar surface area (TPSA) is 105 Å². The summed E-state index contributed by atoms with van der Waals surface area (Å²) in [6.07, 6.45) is 1.52. The Morgan fingerprint density at radius 2 is 0.871 bits per heavy atom. The highest BCUT2D eigenvalue weighted by Crippen LogP contribution is 2.65. The smallest absolute Gasteiger partial charge is 0.349 e. The molecule has 0 radical (unpaired) electrons. The highest BCUT2D eigenvalue weighted by Gasteiger charge is 2.58. The minimum atomic E-state index is -4.10. The van der Waals surface area contributed by atoms with Crippen LogP contribution in [0, 0.1) is 0 Å². The molecule has 31 heavy (non-hydrogen) atoms. The van der Waals surface area contributed by atoms with Gasteiger partial charge in [-0.25, -0.2) is 0 Å². The van der Waals surface area contributed by atoms with E-state index in [9.17, 15) is 16.8 Å². The Kier molecular flexibility index (Phi) is 3.18. The molecule has 2 aromatic rings. The first-order valence-electron chi connectivity index (χ1n) is 9.87. The van der Waals surface area contributed by atoms with Crippen molar-refractivity contribution in [2.45, 2.75) is 56.8 Å². The van der Waals surface area contributed by atoms with E-state index in [1.165, 1.54) is 0 Å². The molecule has 0 aromatic heterocycles. The van der Waals surface area contributed by atoms with Gasteiger partial charge in [-0.15, -0.1) is 16.8 Å². The number of benzene rings is 2. The third-order valence-corrected chi connectivity index (χ3v) is 8.45. The van der Waals surface area contributed by atoms with Crippen LogP contribution in [0.5, 0.6) is 23.0 Å². The molecule has 0 fully saturated rings. The molecule has 2 aliphatic heterocycles. The van der Waals surface area contributed by atoms with Gasteiger partial charge >= 0.3 is 20.8 Å². The maximum Gasteiger partial charge on any atom is 0.501 e. The lowest BCUT2D eigenvalue weighted by molar-refractivity contribution is 0.348. The van der Waals surface area contributed by atoms with Crippen molar-refractivity contribution < 1.29 is 33.6 Å². The second-order valence-electron chi connectivity index (χ2n) is 10.0. The molecule has 2 heterocycles. The maximum atomic E-state index is 11.8. The zero-order valence-corrected chi connectivity index (χ0v) is 18.9. The van der Waals surface area contributed by atoms with Crippen molar-refractivity contribution in [3.8, 4) is 23.0 Å². The summed E-state index contributed by atoms with van der Waals surface area (Å²) in [6.45, 7) is 8.44. The van der Waals surface area contributed by atoms with Gasteiger partial charge in [-0.1, -0.05) is 27.7 Å². The van der Waals surface area contributed by atoms with Crippen molar-refractivity contribution in [2.75, 3.05) is 0 Å². The van der Waals surface area contributed by atoms with Crippen molar-refractivity contribution in [3.05, 3.63) is 46.5 Å². The molecule has 6 rings (SSSR count). The fraction of sp³-hybridized carbons (Fsp3) is 0.429. The molecule has 0 saturated heterocycles. The normalized spacial score (nSPS) is 25.4. The van der Waals surface area contributed by atoms with E-state index >= 15 is 0 Å². The third-order valence-electron chi connectivity index (χ3n) is 6.91. The van der Waals surface area contributed by atoms with Crippen LogP contribution in [0.1, 0.15) is 62.8 Å². The van der Waals surface area contributed by atoms with E-state index in [4.69, 9.17) is 16.7 Å². The Hall–Kier alpha value is -2.46. The quantitative estimate of drug-likeness (QED) is 0.584. The Morgan fingerprint density at radius 3 is 1.19 bits per heavy atom. The van der Waals surface area contributed by atoms with E-state index in [1.54, 1.807) is 24.3 Å². The van der Waals surface area contributed by atoms with Crippen molar-refractivity contribution in [3.63, 3.8) is 0 Å². The van der Waals surface area contributed by atoms with Crippen LogP contribution >= 0.6 is 0 Å². The van der Waals surface area contributed by atoms with Crippen LogP contribution in [0.3, 0.4) is 0 Å². The monoisotopic (exact) mass is 464 g/mol. The predicted molar refractivity (Wildman–Crippen MR) is 109 cm³/mol. The molecule has 10 heteroatoms. The number of rotatable bonds is 0. The van der Waals surface area contributed by atoms with Crippen LogP contribution in [0.15, 0.2) is 24.3 Å². The van der Waals surface area contributed by atoms with Gasteiger partial charge in [0, 0.05) is 5.41 Å². The highest BCUT2D eigenvalue weighted by atomic mass is 32.3. The van der Waals surface area contributed by atoms with Crippen molar-refractivity contribution in [2.24, 2.45) is 0 Å². The lowest BCUT2D eigenvalue weighted by Crippen LogP contribution is -2.27. The second kappa shape index (κ2) is 5.12. The molecule has 0 saturated carbocycles. The molecule has 8 nitrogen and oxygen atoms in total. The van der Waals surface area contributed by atoms with Gasteiger partial charge in [0.1, 0.15) is 0 Å². The van der Waals surface area contributed by atoms with E-state index in [0.29, 0.717) is 0 Å². The van der Waals surface area contributed by atoms with Gasteiger partial charge in [-0.05, 0) is 70.2 Å². The van der Waals surface area contributed by atoms with Crippen LogP contribution in [-0.2, 0) is 37.0 Å². The Bertz CT molecular complexity index is 1310. The molecule has 0 bridgehead atoms. The van der Waals surface area contributed by atoms with E-state index in [-0.39, 0.29) is 33.8 Å². The average Bonchev–Trinajstić information content (AvgIpc) is 3.21. The summed E-state index contributed by atoms with van der Waals surface area (Å²) in [5.74, 6) is 0.729. The zero-order valence-electron chi connectivity index (χ0n) is 17.3. The Morgan fingerprint density at radius 1 is 0.581 bits per heavy atom. The van der Waals surface area contributed by atoms with Crippen LogP contribution in [0.25, 0.3) is 0 Å². The summed E-state index contributed by atoms with van der Waals surface area (Å²) in [4.78, 5) is 0. The van der Waals surface area contributed by atoms with E-state index < -0.39 is 26.2 Å². The molecule has 2 aromatic carbocycles. The first-order chi connectivity index (χ1) is 14.2. The Balaban J connectivity index is 1.62. The maximum absolute atomic E-state index is 11.8. The first kappa shape index (κ1) is 19.2. The Labute approximate surface area is 180 Å². The van der Waals surface area contributed by atoms with Gasteiger partial charge in [0.15, 0.2) is 23.0 Å². The SMILES string of the molecule is CC1(C)CC2(CC(C)(C)c3cc4c(cc32)OS(=O)(=O)O4)c2cc3c(cc21)OS(=O)(=O)O3. The highest BCUT2D eigenvalue weighted by molar-refractivity contribution is 7.83. The average molecular weight is 465 g/mol. The van der Waals surface area contributed by atoms with Crippen molar-refractivity contribution in [1.82, 2.24) is 0 Å². The minimum absolute atomic E-state index is 0.172. The zero-order chi connectivity index (χ0) is 22.2. The summed E-state index contributed by atoms with van der Waals surface area (Å²) in [7, 11) is -8.21. The van der Waals surface area contributed by atoms with Crippen LogP contribution < -0.4 is 16.7 Å². The molecule has 2 aliphatic carbocycles. The van der Waals surface area contributed by atoms with Gasteiger partial charge in [-0.3, -0.25) is 0 Å². The fourth-order valence-corrected chi connectivity index (χ4v) is 7.52. The lowest BCUT2D eigenvalue weighted by atomic mass is 9.72. The van der Waals surface area contributed by atoms with Gasteiger partial charge < -0.3 is 16.7 Å². The molecule has 0 amide bonds. The largest absolute Gasteiger partial charge is 0.501 e. The van der Waals surface area contributed by atoms with Crippen LogP contribution in [0.4, 0.5) is 0 Å². The minimum Gasteiger partial charge on any atom is -0.349 e. The third kappa shape index (κ3) is 2.46. The number of fused-ring (bicyclic) bond motifs is 6. The standard InChI is InChI=1S/C21H20O8S2/c1-19(2)9-21(13-7-17-15(5-11(13)19)26-30(22,23)28-17)10-20(3,4)12-6-16-18(8-14(12)21)29-31(24,25)27-16/h5-8H,9-10H2,1-4H3. The molecule has 0 atom stereocenters. The van der Waals surface area contributed by atoms with E-state index in [1.807, 2.05) is 0 Å². The predicted octanol–water partition coefficient (Wildman–Crippen LogP) is 3.37. The summed E-state index contributed by atoms with van der Waals surface area (Å²) < 4.78 is 67.5. The molecule has 164 valence electrons. The molecular formula is C21H20O8S2. The molecule has 1 spiro atoms. The summed E-state index contributed by atoms with van der Waals surface area (Å²) >= 11 is 0. The summed E-state index contributed by atoms with van der Waals surface area (Å²) in [5, 5.41) is 0. The second-order valence-corrected chi connectivity index (χ2v) is 12.3. The van der Waals surface area contributed by atoms with Crippen LogP contribution in [0.2, 0.25) is 0 Å². The lowest BCUT2D eigenvalue weighted by Gasteiger charge is -2.30. The number of hydrogen-bond donors (Lipinski definition) is 0. The van der Waals surface area contributed by atoms with Gasteiger partial charge in [0.25, 0.3) is 0 Å². The van der Waals surface area contributed by atoms with Gasteiger partial charge in [-0.2, -0.15) is 0 Å². The van der Waals surface area contributed by atoms with Crippen LogP contribution in [-0.4, -0.2) is 16.8 Å². The van der Waals surface area contributed by atoms with Crippen molar-refractivity contribution >= 4 is 20.8 Å². The number of hydrogen-bond acceptors (Lipinski definition) is 8. The first-order valence-corrected chi connectivity index (χ1v) is 12.5. The summed E-state index contributed by atoms with van der Waals surface area (Å²) in [5.41, 5.74) is 2.88. The molecular weight excluding hydrogens is 444 g/mol. The van der Waals surface area contributed by atoms with Crippen molar-refractivity contribution in [1.29, 1.82) is 0 Å². The summed E-state index contributed by atoms with van der Waals surface area (Å²) in [6, 6.07) is 7.03.